The Balaban J connectivity index is 0.000001000. The smallest absolute Gasteiger partial charge is 0.0522 e. The van der Waals surface area contributed by atoms with Gasteiger partial charge in [0.05, 0.1) is 5.69 Å². The van der Waals surface area contributed by atoms with E-state index in [9.17, 15) is 0 Å². The SMILES string of the molecule is CC(C)n1nccc1CN.Cl. The molecule has 0 radical (unpaired) electrons. The Labute approximate surface area is 73.0 Å². The molecule has 1 rings (SSSR count). The highest BCUT2D eigenvalue weighted by Crippen LogP contribution is 2.05. The lowest BCUT2D eigenvalue weighted by Gasteiger charge is -2.08. The Hall–Kier alpha value is -0.540. The second kappa shape index (κ2) is 4.36. The molecule has 0 aliphatic heterocycles. The van der Waals surface area contributed by atoms with Crippen molar-refractivity contribution in [1.82, 2.24) is 9.78 Å². The molecule has 0 saturated heterocycles. The Morgan fingerprint density at radius 1 is 1.64 bits per heavy atom. The van der Waals surface area contributed by atoms with Crippen LogP contribution in [0.1, 0.15) is 25.6 Å². The summed E-state index contributed by atoms with van der Waals surface area (Å²) in [5.74, 6) is 0. The summed E-state index contributed by atoms with van der Waals surface area (Å²) in [7, 11) is 0. The molecule has 4 heteroatoms. The molecule has 0 aromatic carbocycles. The molecule has 0 aliphatic carbocycles. The maximum absolute atomic E-state index is 5.47. The maximum Gasteiger partial charge on any atom is 0.0522 e. The lowest BCUT2D eigenvalue weighted by molar-refractivity contribution is 0.510. The van der Waals surface area contributed by atoms with E-state index in [2.05, 4.69) is 18.9 Å². The highest BCUT2D eigenvalue weighted by atomic mass is 35.5. The van der Waals surface area contributed by atoms with E-state index in [4.69, 9.17) is 5.73 Å². The molecular formula is C7H14ClN3. The van der Waals surface area contributed by atoms with E-state index < -0.39 is 0 Å². The van der Waals surface area contributed by atoms with Crippen molar-refractivity contribution in [2.75, 3.05) is 0 Å². The Kier molecular flexibility index (Phi) is 4.15. The van der Waals surface area contributed by atoms with Crippen LogP contribution in [0.3, 0.4) is 0 Å². The number of hydrogen-bond donors (Lipinski definition) is 1. The van der Waals surface area contributed by atoms with Gasteiger partial charge in [-0.15, -0.1) is 12.4 Å². The highest BCUT2D eigenvalue weighted by molar-refractivity contribution is 5.85. The molecule has 0 atom stereocenters. The van der Waals surface area contributed by atoms with Gasteiger partial charge in [0.15, 0.2) is 0 Å². The van der Waals surface area contributed by atoms with Crippen LogP contribution in [0, 0.1) is 0 Å². The van der Waals surface area contributed by atoms with E-state index in [1.807, 2.05) is 10.7 Å². The summed E-state index contributed by atoms with van der Waals surface area (Å²) in [5.41, 5.74) is 6.56. The molecule has 1 aromatic heterocycles. The molecule has 0 fully saturated rings. The van der Waals surface area contributed by atoms with Gasteiger partial charge in [-0.05, 0) is 19.9 Å². The van der Waals surface area contributed by atoms with Crippen LogP contribution in [0.5, 0.6) is 0 Å². The van der Waals surface area contributed by atoms with Crippen LogP contribution in [0.15, 0.2) is 12.3 Å². The van der Waals surface area contributed by atoms with Crippen molar-refractivity contribution in [2.24, 2.45) is 5.73 Å². The first kappa shape index (κ1) is 10.5. The predicted molar refractivity (Wildman–Crippen MR) is 47.8 cm³/mol. The number of aromatic nitrogens is 2. The third-order valence-electron chi connectivity index (χ3n) is 1.45. The first-order valence-corrected chi connectivity index (χ1v) is 3.48. The van der Waals surface area contributed by atoms with Crippen molar-refractivity contribution in [3.63, 3.8) is 0 Å². The van der Waals surface area contributed by atoms with Gasteiger partial charge in [0, 0.05) is 18.8 Å². The zero-order valence-electron chi connectivity index (χ0n) is 6.82. The standard InChI is InChI=1S/C7H13N3.ClH/c1-6(2)10-7(5-8)3-4-9-10;/h3-4,6H,5,8H2,1-2H3;1H. The summed E-state index contributed by atoms with van der Waals surface area (Å²) in [6.45, 7) is 4.75. The molecule has 0 spiro atoms. The van der Waals surface area contributed by atoms with Crippen molar-refractivity contribution in [2.45, 2.75) is 26.4 Å². The highest BCUT2D eigenvalue weighted by Gasteiger charge is 2.01. The second-order valence-corrected chi connectivity index (χ2v) is 2.56. The molecular weight excluding hydrogens is 162 g/mol. The predicted octanol–water partition coefficient (Wildman–Crippen LogP) is 1.34. The van der Waals surface area contributed by atoms with Crippen LogP contribution in [0.4, 0.5) is 0 Å². The van der Waals surface area contributed by atoms with Gasteiger partial charge in [-0.3, -0.25) is 4.68 Å². The minimum atomic E-state index is 0. The zero-order chi connectivity index (χ0) is 7.56. The number of hydrogen-bond acceptors (Lipinski definition) is 2. The van der Waals surface area contributed by atoms with Crippen molar-refractivity contribution >= 4 is 12.4 Å². The van der Waals surface area contributed by atoms with Gasteiger partial charge in [0.2, 0.25) is 0 Å². The largest absolute Gasteiger partial charge is 0.325 e. The first-order valence-electron chi connectivity index (χ1n) is 3.48. The van der Waals surface area contributed by atoms with Crippen LogP contribution in [-0.2, 0) is 6.54 Å². The molecule has 1 aromatic rings. The molecule has 2 N–H and O–H groups in total. The number of halogens is 1. The molecule has 0 saturated carbocycles. The van der Waals surface area contributed by atoms with E-state index in [0.717, 1.165) is 5.69 Å². The number of nitrogens with zero attached hydrogens (tertiary/aromatic N) is 2. The van der Waals surface area contributed by atoms with Crippen molar-refractivity contribution in [1.29, 1.82) is 0 Å². The average molecular weight is 176 g/mol. The van der Waals surface area contributed by atoms with Gasteiger partial charge in [0.1, 0.15) is 0 Å². The lowest BCUT2D eigenvalue weighted by atomic mass is 10.3. The topological polar surface area (TPSA) is 43.8 Å². The molecule has 0 unspecified atom stereocenters. The molecule has 0 aliphatic rings. The van der Waals surface area contributed by atoms with E-state index in [0.29, 0.717) is 12.6 Å². The average Bonchev–Trinajstić information content (AvgIpc) is 2.33. The van der Waals surface area contributed by atoms with Gasteiger partial charge in [0.25, 0.3) is 0 Å². The fraction of sp³-hybridized carbons (Fsp3) is 0.571. The van der Waals surface area contributed by atoms with E-state index in [-0.39, 0.29) is 12.4 Å². The minimum absolute atomic E-state index is 0. The van der Waals surface area contributed by atoms with Gasteiger partial charge in [-0.25, -0.2) is 0 Å². The Morgan fingerprint density at radius 3 is 2.64 bits per heavy atom. The van der Waals surface area contributed by atoms with E-state index in [1.54, 1.807) is 6.20 Å². The second-order valence-electron chi connectivity index (χ2n) is 2.56. The molecule has 0 bridgehead atoms. The van der Waals surface area contributed by atoms with Crippen LogP contribution in [0.2, 0.25) is 0 Å². The van der Waals surface area contributed by atoms with Crippen molar-refractivity contribution in [3.8, 4) is 0 Å². The van der Waals surface area contributed by atoms with Crippen LogP contribution in [0.25, 0.3) is 0 Å². The fourth-order valence-corrected chi connectivity index (χ4v) is 0.968. The Bertz CT molecular complexity index is 207. The molecule has 3 nitrogen and oxygen atoms in total. The third kappa shape index (κ3) is 2.20. The quantitative estimate of drug-likeness (QED) is 0.738. The summed E-state index contributed by atoms with van der Waals surface area (Å²) in [5, 5.41) is 4.12. The summed E-state index contributed by atoms with van der Waals surface area (Å²) in [6.07, 6.45) is 1.78. The maximum atomic E-state index is 5.47. The summed E-state index contributed by atoms with van der Waals surface area (Å²) < 4.78 is 1.93. The van der Waals surface area contributed by atoms with Crippen LogP contribution < -0.4 is 5.73 Å². The molecule has 11 heavy (non-hydrogen) atoms. The summed E-state index contributed by atoms with van der Waals surface area (Å²) in [6, 6.07) is 2.36. The lowest BCUT2D eigenvalue weighted by Crippen LogP contribution is -2.10. The fourth-order valence-electron chi connectivity index (χ4n) is 0.968. The molecule has 64 valence electrons. The minimum Gasteiger partial charge on any atom is -0.325 e. The van der Waals surface area contributed by atoms with Gasteiger partial charge in [-0.2, -0.15) is 5.10 Å². The summed E-state index contributed by atoms with van der Waals surface area (Å²) >= 11 is 0. The van der Waals surface area contributed by atoms with E-state index >= 15 is 0 Å². The summed E-state index contributed by atoms with van der Waals surface area (Å²) in [4.78, 5) is 0. The third-order valence-corrected chi connectivity index (χ3v) is 1.45. The van der Waals surface area contributed by atoms with Crippen LogP contribution >= 0.6 is 12.4 Å². The zero-order valence-corrected chi connectivity index (χ0v) is 7.64. The molecule has 1 heterocycles. The van der Waals surface area contributed by atoms with E-state index in [1.165, 1.54) is 0 Å². The van der Waals surface area contributed by atoms with Gasteiger partial charge in [-0.1, -0.05) is 0 Å². The van der Waals surface area contributed by atoms with Crippen LogP contribution in [-0.4, -0.2) is 9.78 Å². The van der Waals surface area contributed by atoms with Crippen molar-refractivity contribution < 1.29 is 0 Å². The number of nitrogens with two attached hydrogens (primary N) is 1. The van der Waals surface area contributed by atoms with Crippen molar-refractivity contribution in [3.05, 3.63) is 18.0 Å². The van der Waals surface area contributed by atoms with Gasteiger partial charge < -0.3 is 5.73 Å². The molecule has 0 amide bonds. The normalized spacial score (nSPS) is 9.82. The number of rotatable bonds is 2. The van der Waals surface area contributed by atoms with Gasteiger partial charge >= 0.3 is 0 Å². The Morgan fingerprint density at radius 2 is 2.27 bits per heavy atom. The first-order chi connectivity index (χ1) is 4.75. The monoisotopic (exact) mass is 175 g/mol.